The van der Waals surface area contributed by atoms with Gasteiger partial charge in [0.2, 0.25) is 0 Å². The molecule has 3 rings (SSSR count). The van der Waals surface area contributed by atoms with E-state index in [1.165, 1.54) is 0 Å². The van der Waals surface area contributed by atoms with Crippen molar-refractivity contribution in [1.82, 2.24) is 9.78 Å². The number of benzene rings is 2. The van der Waals surface area contributed by atoms with Crippen LogP contribution in [-0.2, 0) is 0 Å². The van der Waals surface area contributed by atoms with E-state index in [2.05, 4.69) is 5.10 Å². The van der Waals surface area contributed by atoms with Crippen molar-refractivity contribution in [2.75, 3.05) is 12.8 Å². The fraction of sp³-hybridized carbons (Fsp3) is 0.0625. The number of rotatable bonds is 3. The minimum Gasteiger partial charge on any atom is -0.495 e. The first-order valence-electron chi connectivity index (χ1n) is 6.33. The summed E-state index contributed by atoms with van der Waals surface area (Å²) >= 11 is 0. The molecule has 20 heavy (non-hydrogen) atoms. The maximum absolute atomic E-state index is 5.97. The number of nitrogen functional groups attached to an aromatic ring is 1. The summed E-state index contributed by atoms with van der Waals surface area (Å²) in [5.41, 5.74) is 9.60. The minimum atomic E-state index is 0.616. The summed E-state index contributed by atoms with van der Waals surface area (Å²) in [5, 5.41) is 4.38. The molecule has 0 bridgehead atoms. The molecule has 0 spiro atoms. The molecule has 0 saturated carbocycles. The third-order valence-corrected chi connectivity index (χ3v) is 3.17. The Bertz CT molecular complexity index is 720. The molecule has 0 fully saturated rings. The number of hydrogen-bond acceptors (Lipinski definition) is 3. The summed E-state index contributed by atoms with van der Waals surface area (Å²) in [5.74, 6) is 0.680. The zero-order chi connectivity index (χ0) is 13.9. The van der Waals surface area contributed by atoms with Crippen LogP contribution in [0.3, 0.4) is 0 Å². The smallest absolute Gasteiger partial charge is 0.141 e. The zero-order valence-corrected chi connectivity index (χ0v) is 11.2. The number of methoxy groups -OCH3 is 1. The third kappa shape index (κ3) is 2.12. The molecule has 100 valence electrons. The van der Waals surface area contributed by atoms with Crippen LogP contribution in [0.15, 0.2) is 60.8 Å². The fourth-order valence-corrected chi connectivity index (χ4v) is 2.19. The van der Waals surface area contributed by atoms with Gasteiger partial charge < -0.3 is 10.5 Å². The number of nitrogens with two attached hydrogens (primary N) is 1. The van der Waals surface area contributed by atoms with Crippen molar-refractivity contribution < 1.29 is 4.74 Å². The normalized spacial score (nSPS) is 10.4. The number of ether oxygens (including phenoxy) is 1. The topological polar surface area (TPSA) is 53.1 Å². The van der Waals surface area contributed by atoms with Crippen LogP contribution in [0.2, 0.25) is 0 Å². The van der Waals surface area contributed by atoms with Gasteiger partial charge >= 0.3 is 0 Å². The lowest BCUT2D eigenvalue weighted by Gasteiger charge is -2.10. The van der Waals surface area contributed by atoms with E-state index in [0.717, 1.165) is 16.9 Å². The standard InChI is InChI=1S/C16H15N3O/c1-20-16-8-7-12(11-14(16)17)15-9-10-18-19(15)13-5-3-2-4-6-13/h2-11H,17H2,1H3. The SMILES string of the molecule is COc1ccc(-c2ccnn2-c2ccccc2)cc1N. The van der Waals surface area contributed by atoms with Crippen LogP contribution in [0.25, 0.3) is 16.9 Å². The van der Waals surface area contributed by atoms with Crippen LogP contribution < -0.4 is 10.5 Å². The number of nitrogens with zero attached hydrogens (tertiary/aromatic N) is 2. The molecule has 0 amide bonds. The molecular weight excluding hydrogens is 250 g/mol. The lowest BCUT2D eigenvalue weighted by molar-refractivity contribution is 0.417. The summed E-state index contributed by atoms with van der Waals surface area (Å²) < 4.78 is 7.07. The van der Waals surface area contributed by atoms with Crippen LogP contribution in [0.5, 0.6) is 5.75 Å². The van der Waals surface area contributed by atoms with Gasteiger partial charge in [-0.15, -0.1) is 0 Å². The first kappa shape index (κ1) is 12.3. The minimum absolute atomic E-state index is 0.616. The Kier molecular flexibility index (Phi) is 3.13. The van der Waals surface area contributed by atoms with Crippen molar-refractivity contribution in [3.05, 3.63) is 60.8 Å². The van der Waals surface area contributed by atoms with E-state index in [0.29, 0.717) is 11.4 Å². The van der Waals surface area contributed by atoms with Gasteiger partial charge in [-0.3, -0.25) is 0 Å². The molecule has 0 saturated heterocycles. The largest absolute Gasteiger partial charge is 0.495 e. The molecule has 0 aliphatic carbocycles. The number of para-hydroxylation sites is 1. The highest BCUT2D eigenvalue weighted by atomic mass is 16.5. The van der Waals surface area contributed by atoms with Gasteiger partial charge in [0.15, 0.2) is 0 Å². The predicted octanol–water partition coefficient (Wildman–Crippen LogP) is 3.13. The second-order valence-corrected chi connectivity index (χ2v) is 4.42. The van der Waals surface area contributed by atoms with E-state index in [4.69, 9.17) is 10.5 Å². The summed E-state index contributed by atoms with van der Waals surface area (Å²) in [4.78, 5) is 0. The van der Waals surface area contributed by atoms with Gasteiger partial charge in [-0.2, -0.15) is 5.10 Å². The highest BCUT2D eigenvalue weighted by Crippen LogP contribution is 2.29. The second-order valence-electron chi connectivity index (χ2n) is 4.42. The van der Waals surface area contributed by atoms with E-state index in [-0.39, 0.29) is 0 Å². The third-order valence-electron chi connectivity index (χ3n) is 3.17. The van der Waals surface area contributed by atoms with E-state index in [9.17, 15) is 0 Å². The Morgan fingerprint density at radius 1 is 1.05 bits per heavy atom. The van der Waals surface area contributed by atoms with Gasteiger partial charge in [0.05, 0.1) is 30.4 Å². The molecule has 0 radical (unpaired) electrons. The Labute approximate surface area is 117 Å². The molecule has 2 aromatic carbocycles. The number of hydrogen-bond donors (Lipinski definition) is 1. The lowest BCUT2D eigenvalue weighted by Crippen LogP contribution is -1.99. The van der Waals surface area contributed by atoms with Crippen molar-refractivity contribution >= 4 is 5.69 Å². The maximum Gasteiger partial charge on any atom is 0.141 e. The van der Waals surface area contributed by atoms with Crippen molar-refractivity contribution in [3.63, 3.8) is 0 Å². The Morgan fingerprint density at radius 3 is 2.55 bits per heavy atom. The van der Waals surface area contributed by atoms with E-state index in [1.807, 2.05) is 59.3 Å². The van der Waals surface area contributed by atoms with Crippen LogP contribution in [0.4, 0.5) is 5.69 Å². The highest BCUT2D eigenvalue weighted by Gasteiger charge is 2.09. The van der Waals surface area contributed by atoms with Gasteiger partial charge in [0.1, 0.15) is 5.75 Å². The predicted molar refractivity (Wildman–Crippen MR) is 80.0 cm³/mol. The number of aromatic nitrogens is 2. The second kappa shape index (κ2) is 5.09. The molecule has 2 N–H and O–H groups in total. The van der Waals surface area contributed by atoms with Crippen LogP contribution >= 0.6 is 0 Å². The van der Waals surface area contributed by atoms with Gasteiger partial charge in [-0.1, -0.05) is 18.2 Å². The molecule has 0 aliphatic heterocycles. The summed E-state index contributed by atoms with van der Waals surface area (Å²) in [6, 6.07) is 17.7. The van der Waals surface area contributed by atoms with Gasteiger partial charge in [0.25, 0.3) is 0 Å². The average molecular weight is 265 g/mol. The molecular formula is C16H15N3O. The molecule has 3 aromatic rings. The van der Waals surface area contributed by atoms with Crippen LogP contribution in [0.1, 0.15) is 0 Å². The maximum atomic E-state index is 5.97. The first-order chi connectivity index (χ1) is 9.79. The van der Waals surface area contributed by atoms with E-state index >= 15 is 0 Å². The van der Waals surface area contributed by atoms with Crippen molar-refractivity contribution in [3.8, 4) is 22.7 Å². The van der Waals surface area contributed by atoms with E-state index in [1.54, 1.807) is 13.3 Å². The zero-order valence-electron chi connectivity index (χ0n) is 11.2. The van der Waals surface area contributed by atoms with Crippen molar-refractivity contribution in [2.45, 2.75) is 0 Å². The summed E-state index contributed by atoms with van der Waals surface area (Å²) in [6.45, 7) is 0. The van der Waals surface area contributed by atoms with Gasteiger partial charge in [-0.25, -0.2) is 4.68 Å². The molecule has 4 nitrogen and oxygen atoms in total. The Hall–Kier alpha value is -2.75. The summed E-state index contributed by atoms with van der Waals surface area (Å²) in [7, 11) is 1.61. The first-order valence-corrected chi connectivity index (χ1v) is 6.33. The van der Waals surface area contributed by atoms with Crippen LogP contribution in [-0.4, -0.2) is 16.9 Å². The molecule has 1 aromatic heterocycles. The van der Waals surface area contributed by atoms with E-state index < -0.39 is 0 Å². The quantitative estimate of drug-likeness (QED) is 0.740. The molecule has 1 heterocycles. The highest BCUT2D eigenvalue weighted by molar-refractivity contribution is 5.69. The van der Waals surface area contributed by atoms with Crippen molar-refractivity contribution in [2.24, 2.45) is 0 Å². The Morgan fingerprint density at radius 2 is 1.85 bits per heavy atom. The van der Waals surface area contributed by atoms with Gasteiger partial charge in [0, 0.05) is 5.56 Å². The monoisotopic (exact) mass is 265 g/mol. The number of anilines is 1. The molecule has 4 heteroatoms. The van der Waals surface area contributed by atoms with Crippen molar-refractivity contribution in [1.29, 1.82) is 0 Å². The Balaban J connectivity index is 2.08. The van der Waals surface area contributed by atoms with Crippen LogP contribution in [0, 0.1) is 0 Å². The molecule has 0 aliphatic rings. The molecule has 0 atom stereocenters. The molecule has 0 unspecified atom stereocenters. The fourth-order valence-electron chi connectivity index (χ4n) is 2.19. The lowest BCUT2D eigenvalue weighted by atomic mass is 10.1. The summed E-state index contributed by atoms with van der Waals surface area (Å²) in [6.07, 6.45) is 1.78. The van der Waals surface area contributed by atoms with Gasteiger partial charge in [-0.05, 0) is 36.4 Å². The average Bonchev–Trinajstić information content (AvgIpc) is 2.97.